The topological polar surface area (TPSA) is 407 Å². The molecule has 0 bridgehead atoms. The van der Waals surface area contributed by atoms with Gasteiger partial charge in [-0.1, -0.05) is 151 Å². The standard InChI is InChI=1S/C30H32FN3O4.C26H24FN3O4.C23H26FN3O4.C18H16FNO6.C4H8O.C2H8N2.CH3.FH.Pd.H2/c1-20(2)16-32-14-15-34-26(32)18-33-17-24(25(35)13-10-21-8-11-23(31)12-9-21)28(36)29(27(33)30(34)37)38-19-22-6-4-3-5-7-22;27-19-9-6-17(7-10-19)8-11-21(31)20-14-29-15-22-28-12-13-30(22)26(33)23(29)25(24(20)32)34-16-18-4-2-1-3-5-18;1-14(2)11-25-9-10-27-19(25)13-26-12-17(21(29)22(30)20(26)23(27)31)18(28)8-5-15-3-6-16(24)7-4-15;1-26-18(25)15-17(24)16(23)13(10-20(15)8-9-21)14(22)7-4-11-2-5-12(19)6-3-11;1-4(2)3-5;3-1-2-4;;;;/h3-9,11-12,17,20,26H,10,13-16,18-19H2,1-2H3;1-7,9-10,14,22,28H,8,11-13,15-16H2;3-4,6-7,12,14,19,30H,5,8-11,13H2,1-2H3;2-3,5-6,9-10,24H,4,7-8H2,1H3;3-4H,1-2H3;1-4H2;1H3;1H;;1H/q;;;;;;-1;;;/p-1. The fourth-order valence-electron chi connectivity index (χ4n) is 16.6. The number of ketones is 4. The molecule has 3 atom stereocenters. The summed E-state index contributed by atoms with van der Waals surface area (Å²) < 4.78 is 74.7. The maximum absolute atomic E-state index is 13.7. The number of amides is 3. The van der Waals surface area contributed by atoms with Crippen LogP contribution in [-0.4, -0.2) is 203 Å². The van der Waals surface area contributed by atoms with E-state index < -0.39 is 62.3 Å². The van der Waals surface area contributed by atoms with E-state index in [1.54, 1.807) is 59.9 Å². The number of carbonyl (C=O) groups is 10. The number of rotatable bonds is 31. The number of methoxy groups -OCH3 is 1. The average Bonchev–Trinajstić information content (AvgIpc) is 1.53. The fourth-order valence-corrected chi connectivity index (χ4v) is 16.6. The van der Waals surface area contributed by atoms with E-state index >= 15 is 0 Å². The Morgan fingerprint density at radius 2 is 0.787 bits per heavy atom. The number of ether oxygens (including phenoxy) is 3. The first-order chi connectivity index (χ1) is 66.1. The molecule has 6 aliphatic heterocycles. The number of hydrogen-bond donors (Lipinski definition) is 5. The molecule has 0 radical (unpaired) electrons. The number of fused-ring (bicyclic) bond motifs is 6. The van der Waals surface area contributed by atoms with E-state index in [-0.39, 0.29) is 208 Å². The molecular weight excluding hydrogens is 1920 g/mol. The maximum atomic E-state index is 13.7. The zero-order valence-electron chi connectivity index (χ0n) is 79.6. The minimum Gasteiger partial charge on any atom is -1.00 e. The quantitative estimate of drug-likeness (QED) is 0.00683. The van der Waals surface area contributed by atoms with Gasteiger partial charge in [-0.25, -0.2) is 22.4 Å². The summed E-state index contributed by atoms with van der Waals surface area (Å²) in [5.41, 5.74) is 10.9. The van der Waals surface area contributed by atoms with E-state index in [1.165, 1.54) is 79.3 Å². The molecule has 10 aromatic rings. The van der Waals surface area contributed by atoms with E-state index in [4.69, 9.17) is 20.9 Å². The molecule has 3 fully saturated rings. The number of aryl methyl sites for hydroxylation is 4. The number of benzene rings is 6. The van der Waals surface area contributed by atoms with Crippen LogP contribution in [0.3, 0.4) is 0 Å². The molecule has 3 amide bonds. The predicted octanol–water partition coefficient (Wildman–Crippen LogP) is 8.10. The minimum absolute atomic E-state index is 0. The number of carbonyl (C=O) groups excluding carboxylic acids is 10. The summed E-state index contributed by atoms with van der Waals surface area (Å²) in [4.78, 5) is 185. The van der Waals surface area contributed by atoms with Gasteiger partial charge in [0.05, 0.1) is 55.5 Å². The van der Waals surface area contributed by atoms with E-state index in [1.807, 2.05) is 79.4 Å². The fraction of sp³-hybridized carbons (Fsp3) is 0.356. The van der Waals surface area contributed by atoms with Crippen LogP contribution in [0.4, 0.5) is 17.6 Å². The number of nitrogens with two attached hydrogens (primary N) is 2. The normalized spacial score (nSPS) is 15.1. The van der Waals surface area contributed by atoms with Crippen LogP contribution in [0, 0.1) is 48.4 Å². The Morgan fingerprint density at radius 3 is 1.13 bits per heavy atom. The van der Waals surface area contributed by atoms with Gasteiger partial charge in [0.2, 0.25) is 21.7 Å². The van der Waals surface area contributed by atoms with Crippen molar-refractivity contribution in [2.24, 2.45) is 29.2 Å². The van der Waals surface area contributed by atoms with E-state index in [0.29, 0.717) is 102 Å². The number of esters is 1. The number of hydrogen-bond acceptors (Lipinski definition) is 24. The first kappa shape index (κ1) is 113. The average molecular weight is 2040 g/mol. The zero-order chi connectivity index (χ0) is 99.7. The van der Waals surface area contributed by atoms with Crippen LogP contribution in [0.15, 0.2) is 202 Å². The Balaban J connectivity index is 0.000000249. The maximum Gasteiger partial charge on any atom is 0.358 e. The Morgan fingerprint density at radius 1 is 0.454 bits per heavy atom. The number of pyridine rings is 4. The van der Waals surface area contributed by atoms with E-state index in [9.17, 15) is 94.9 Å². The number of aromatic nitrogens is 4. The van der Waals surface area contributed by atoms with Crippen LogP contribution in [0.25, 0.3) is 0 Å². The van der Waals surface area contributed by atoms with Crippen LogP contribution >= 0.6 is 0 Å². The van der Waals surface area contributed by atoms with E-state index in [0.717, 1.165) is 78.2 Å². The van der Waals surface area contributed by atoms with Crippen LogP contribution < -0.4 is 52.7 Å². The van der Waals surface area contributed by atoms with Crippen LogP contribution in [0.5, 0.6) is 23.0 Å². The molecular formula is C104H119F5N12O19Pd-2. The van der Waals surface area contributed by atoms with Crippen LogP contribution in [0.1, 0.15) is 185 Å². The van der Waals surface area contributed by atoms with Gasteiger partial charge in [-0.2, -0.15) is 0 Å². The molecule has 10 heterocycles. The largest absolute Gasteiger partial charge is 1.00 e. The van der Waals surface area contributed by atoms with Gasteiger partial charge in [0.1, 0.15) is 67.6 Å². The Hall–Kier alpha value is -13.7. The molecule has 0 spiro atoms. The summed E-state index contributed by atoms with van der Waals surface area (Å²) in [6.45, 7) is 20.1. The third kappa shape index (κ3) is 28.8. The molecule has 3 unspecified atom stereocenters. The predicted molar refractivity (Wildman–Crippen MR) is 514 cm³/mol. The van der Waals surface area contributed by atoms with Crippen molar-refractivity contribution in [1.29, 1.82) is 0 Å². The Kier molecular flexibility index (Phi) is 42.4. The number of halogens is 5. The van der Waals surface area contributed by atoms with Crippen molar-refractivity contribution in [2.45, 2.75) is 151 Å². The number of nitrogens with zero attached hydrogens (tertiary/aromatic N) is 9. The molecule has 4 aromatic heterocycles. The molecule has 37 heteroatoms. The van der Waals surface area contributed by atoms with Crippen molar-refractivity contribution in [3.63, 3.8) is 0 Å². The van der Waals surface area contributed by atoms with E-state index in [2.05, 4.69) is 47.5 Å². The first-order valence-corrected chi connectivity index (χ1v) is 45.6. The second-order valence-corrected chi connectivity index (χ2v) is 34.9. The number of aromatic hydroxyl groups is 2. The molecule has 141 heavy (non-hydrogen) atoms. The summed E-state index contributed by atoms with van der Waals surface area (Å²) in [7, 11) is 1.05. The van der Waals surface area contributed by atoms with Crippen molar-refractivity contribution in [1.82, 2.24) is 48.1 Å². The van der Waals surface area contributed by atoms with Crippen molar-refractivity contribution in [2.75, 3.05) is 72.6 Å². The Bertz CT molecular complexity index is 6310. The molecule has 0 saturated carbocycles. The molecule has 7 N–H and O–H groups in total. The Labute approximate surface area is 827 Å². The van der Waals surface area contributed by atoms with Crippen molar-refractivity contribution in [3.8, 4) is 23.0 Å². The second kappa shape index (κ2) is 53.1. The summed E-state index contributed by atoms with van der Waals surface area (Å²) >= 11 is 0. The molecule has 3 saturated heterocycles. The third-order valence-corrected chi connectivity index (χ3v) is 23.6. The van der Waals surface area contributed by atoms with Crippen molar-refractivity contribution in [3.05, 3.63) is 333 Å². The van der Waals surface area contributed by atoms with Gasteiger partial charge in [0.25, 0.3) is 17.7 Å². The summed E-state index contributed by atoms with van der Waals surface area (Å²) in [6, 6.07) is 42.0. The van der Waals surface area contributed by atoms with Gasteiger partial charge in [-0.3, -0.25) is 67.9 Å². The number of aldehydes is 2. The summed E-state index contributed by atoms with van der Waals surface area (Å²) in [6.07, 6.45) is 7.84. The first-order valence-electron chi connectivity index (χ1n) is 45.6. The van der Waals surface area contributed by atoms with Gasteiger partial charge < -0.3 is 90.6 Å². The molecule has 0 aliphatic carbocycles. The van der Waals surface area contributed by atoms with Gasteiger partial charge in [0.15, 0.2) is 68.9 Å². The van der Waals surface area contributed by atoms with Gasteiger partial charge in [-0.15, -0.1) is 0 Å². The molecule has 16 rings (SSSR count). The van der Waals surface area contributed by atoms with Gasteiger partial charge in [-0.05, 0) is 119 Å². The smallest absolute Gasteiger partial charge is 0.358 e. The zero-order valence-corrected chi connectivity index (χ0v) is 81.2. The molecule has 6 aliphatic rings. The monoisotopic (exact) mass is 2040 g/mol. The van der Waals surface area contributed by atoms with Crippen LogP contribution in [-0.2, 0) is 99.8 Å². The van der Waals surface area contributed by atoms with Crippen LogP contribution in [0.2, 0.25) is 0 Å². The van der Waals surface area contributed by atoms with Crippen molar-refractivity contribution < 1.29 is 116 Å². The van der Waals surface area contributed by atoms with Gasteiger partial charge in [0, 0.05) is 144 Å². The van der Waals surface area contributed by atoms with Crippen molar-refractivity contribution >= 4 is 59.4 Å². The molecule has 31 nitrogen and oxygen atoms in total. The number of Topliss-reactive ketones (excluding diaryl/α,β-unsaturated/α-hetero) is 4. The second-order valence-electron chi connectivity index (χ2n) is 34.9. The SMILES string of the molecule is CC(C)C=O.CC(C)CN1CCN2C(=O)c3c(O)c(=O)c(C(=O)CCc4ccc(F)cc4)cn3CC12.CC(C)CN1CCN2C(=O)c3c(OCc4ccccc4)c(=O)c(C(=O)CCc4ccc(F)cc4)cn3CC12.COC(=O)c1c(O)c(=O)c(C(=O)CCc2ccc(F)cc2)cn1CC=O.NCCN.O=C(CCc1ccc(F)cc1)c1cn2c(c(OCc3ccccc3)c1=O)C(=O)N1CCNC1C2.[CH3-].[F-].[HH].[Pd]. The van der Waals surface area contributed by atoms with Gasteiger partial charge >= 0.3 is 5.97 Å². The minimum atomic E-state index is -1.02. The molecule has 6 aromatic carbocycles. The summed E-state index contributed by atoms with van der Waals surface area (Å²) in [5.74, 6) is -5.76. The molecule has 756 valence electrons. The third-order valence-electron chi connectivity index (χ3n) is 23.6. The summed E-state index contributed by atoms with van der Waals surface area (Å²) in [5, 5.41) is 23.8. The number of nitrogens with one attached hydrogen (secondary N) is 1.